The van der Waals surface area contributed by atoms with E-state index >= 15 is 0 Å². The Kier molecular flexibility index (Phi) is 4.19. The number of rotatable bonds is 4. The lowest BCUT2D eigenvalue weighted by atomic mass is 9.49. The summed E-state index contributed by atoms with van der Waals surface area (Å²) in [7, 11) is 0. The van der Waals surface area contributed by atoms with Crippen molar-refractivity contribution in [3.63, 3.8) is 0 Å². The Bertz CT molecular complexity index is 1310. The van der Waals surface area contributed by atoms with Crippen LogP contribution in [0.15, 0.2) is 52.9 Å². The number of benzene rings is 2. The highest BCUT2D eigenvalue weighted by molar-refractivity contribution is 5.88. The lowest BCUT2D eigenvalue weighted by Crippen LogP contribution is -2.48. The van der Waals surface area contributed by atoms with Gasteiger partial charge < -0.3 is 8.98 Å². The van der Waals surface area contributed by atoms with Crippen molar-refractivity contribution in [1.29, 1.82) is 0 Å². The summed E-state index contributed by atoms with van der Waals surface area (Å²) in [5, 5.41) is 10.5. The number of hydrogen-bond acceptors (Lipinski definition) is 3. The van der Waals surface area contributed by atoms with Crippen molar-refractivity contribution in [3.05, 3.63) is 71.2 Å². The molecule has 0 saturated heterocycles. The highest BCUT2D eigenvalue weighted by Gasteiger charge is 2.54. The van der Waals surface area contributed by atoms with Crippen molar-refractivity contribution in [1.82, 2.24) is 14.8 Å². The fourth-order valence-corrected chi connectivity index (χ4v) is 7.68. The van der Waals surface area contributed by atoms with Gasteiger partial charge in [-0.25, -0.2) is 0 Å². The van der Waals surface area contributed by atoms with Crippen LogP contribution in [0.3, 0.4) is 0 Å². The van der Waals surface area contributed by atoms with E-state index in [1.165, 1.54) is 66.2 Å². The molecular weight excluding hydrogens is 406 g/mol. The zero-order chi connectivity index (χ0) is 22.2. The Balaban J connectivity index is 1.24. The van der Waals surface area contributed by atoms with E-state index in [1.807, 2.05) is 0 Å². The minimum Gasteiger partial charge on any atom is -0.420 e. The van der Waals surface area contributed by atoms with Gasteiger partial charge in [0.15, 0.2) is 0 Å². The zero-order valence-corrected chi connectivity index (χ0v) is 19.6. The molecule has 0 radical (unpaired) electrons. The first-order valence-electron chi connectivity index (χ1n) is 12.6. The Morgan fingerprint density at radius 3 is 2.30 bits per heavy atom. The molecular formula is C29H31N3O. The Morgan fingerprint density at radius 1 is 0.909 bits per heavy atom. The summed E-state index contributed by atoms with van der Waals surface area (Å²) in [6.45, 7) is 5.32. The van der Waals surface area contributed by atoms with Crippen LogP contribution in [0.2, 0.25) is 0 Å². The van der Waals surface area contributed by atoms with Crippen LogP contribution in [0.5, 0.6) is 0 Å². The van der Waals surface area contributed by atoms with Crippen LogP contribution in [0.1, 0.15) is 61.2 Å². The fraction of sp³-hybridized carbons (Fsp3) is 0.448. The van der Waals surface area contributed by atoms with Crippen LogP contribution in [0.4, 0.5) is 0 Å². The molecule has 2 aromatic carbocycles. The Labute approximate surface area is 195 Å². The second-order valence-electron chi connectivity index (χ2n) is 11.1. The van der Waals surface area contributed by atoms with E-state index in [1.54, 1.807) is 0 Å². The zero-order valence-electron chi connectivity index (χ0n) is 19.6. The molecule has 4 aliphatic rings. The molecule has 0 spiro atoms. The van der Waals surface area contributed by atoms with Gasteiger partial charge in [-0.2, -0.15) is 0 Å². The quantitative estimate of drug-likeness (QED) is 0.352. The van der Waals surface area contributed by atoms with Crippen LogP contribution in [0, 0.1) is 31.6 Å². The predicted octanol–water partition coefficient (Wildman–Crippen LogP) is 6.82. The average Bonchev–Trinajstić information content (AvgIpc) is 3.40. The van der Waals surface area contributed by atoms with Crippen LogP contribution >= 0.6 is 0 Å². The number of nitrogens with zero attached hydrogens (tertiary/aromatic N) is 3. The molecule has 2 aromatic heterocycles. The first kappa shape index (κ1) is 19.6. The van der Waals surface area contributed by atoms with Crippen molar-refractivity contribution in [2.45, 2.75) is 64.3 Å². The molecule has 0 atom stereocenters. The second-order valence-corrected chi connectivity index (χ2v) is 11.1. The molecule has 0 unspecified atom stereocenters. The van der Waals surface area contributed by atoms with Gasteiger partial charge in [-0.15, -0.1) is 10.2 Å². The Hall–Kier alpha value is -2.88. The highest BCUT2D eigenvalue weighted by atomic mass is 16.4. The summed E-state index contributed by atoms with van der Waals surface area (Å²) < 4.78 is 8.86. The summed E-state index contributed by atoms with van der Waals surface area (Å²) in [5.74, 6) is 4.20. The van der Waals surface area contributed by atoms with Crippen molar-refractivity contribution in [2.75, 3.05) is 0 Å². The van der Waals surface area contributed by atoms with Crippen molar-refractivity contribution in [3.8, 4) is 11.5 Å². The molecule has 4 nitrogen and oxygen atoms in total. The van der Waals surface area contributed by atoms with Gasteiger partial charge in [0.1, 0.15) is 0 Å². The largest absolute Gasteiger partial charge is 0.420 e. The van der Waals surface area contributed by atoms with E-state index in [0.717, 1.165) is 35.8 Å². The summed E-state index contributed by atoms with van der Waals surface area (Å²) in [6, 6.07) is 17.3. The van der Waals surface area contributed by atoms with Crippen molar-refractivity contribution in [2.24, 2.45) is 17.8 Å². The maximum absolute atomic E-state index is 6.45. The first-order valence-corrected chi connectivity index (χ1v) is 12.6. The third-order valence-corrected chi connectivity index (χ3v) is 8.99. The molecule has 4 aliphatic carbocycles. The van der Waals surface area contributed by atoms with Crippen LogP contribution in [0.25, 0.3) is 22.4 Å². The molecule has 0 aliphatic heterocycles. The molecule has 8 rings (SSSR count). The van der Waals surface area contributed by atoms with Gasteiger partial charge >= 0.3 is 0 Å². The van der Waals surface area contributed by atoms with E-state index in [4.69, 9.17) is 4.42 Å². The standard InChI is InChI=1S/C29H31N3O/c1-18-19(2)32(17-20-6-4-3-5-7-20)26-9-8-24(13-25(18)26)27-30-31-28(33-27)29-14-21-10-22(15-29)12-23(11-21)16-29/h3-9,13,21-23H,10-12,14-17H2,1-2H3. The molecule has 2 heterocycles. The molecule has 4 bridgehead atoms. The third-order valence-electron chi connectivity index (χ3n) is 8.99. The van der Waals surface area contributed by atoms with Gasteiger partial charge in [-0.1, -0.05) is 30.3 Å². The van der Waals surface area contributed by atoms with Gasteiger partial charge in [0.2, 0.25) is 11.8 Å². The summed E-state index contributed by atoms with van der Waals surface area (Å²) in [5.41, 5.74) is 6.40. The normalized spacial score (nSPS) is 28.1. The van der Waals surface area contributed by atoms with E-state index in [9.17, 15) is 0 Å². The van der Waals surface area contributed by atoms with Gasteiger partial charge in [0, 0.05) is 34.1 Å². The maximum atomic E-state index is 6.45. The smallest absolute Gasteiger partial charge is 0.247 e. The molecule has 4 saturated carbocycles. The van der Waals surface area contributed by atoms with Gasteiger partial charge in [0.05, 0.1) is 0 Å². The number of aromatic nitrogens is 3. The topological polar surface area (TPSA) is 43.9 Å². The predicted molar refractivity (Wildman–Crippen MR) is 130 cm³/mol. The monoisotopic (exact) mass is 437 g/mol. The minimum atomic E-state index is 0.148. The average molecular weight is 438 g/mol. The van der Waals surface area contributed by atoms with Gasteiger partial charge in [-0.3, -0.25) is 0 Å². The molecule has 0 amide bonds. The third kappa shape index (κ3) is 3.03. The van der Waals surface area contributed by atoms with Crippen LogP contribution in [-0.2, 0) is 12.0 Å². The minimum absolute atomic E-state index is 0.148. The highest BCUT2D eigenvalue weighted by Crippen LogP contribution is 2.60. The molecule has 0 N–H and O–H groups in total. The summed E-state index contributed by atoms with van der Waals surface area (Å²) in [6.07, 6.45) is 8.03. The second kappa shape index (κ2) is 7.06. The number of hydrogen-bond donors (Lipinski definition) is 0. The fourth-order valence-electron chi connectivity index (χ4n) is 7.68. The Morgan fingerprint density at radius 2 is 1.61 bits per heavy atom. The first-order chi connectivity index (χ1) is 16.1. The van der Waals surface area contributed by atoms with Gasteiger partial charge in [-0.05, 0) is 99.5 Å². The molecule has 4 fully saturated rings. The lowest BCUT2D eigenvalue weighted by Gasteiger charge is -2.55. The molecule has 33 heavy (non-hydrogen) atoms. The van der Waals surface area contributed by atoms with E-state index in [-0.39, 0.29) is 5.41 Å². The van der Waals surface area contributed by atoms with E-state index in [2.05, 4.69) is 77.1 Å². The van der Waals surface area contributed by atoms with Crippen molar-refractivity contribution < 1.29 is 4.42 Å². The number of aryl methyl sites for hydroxylation is 1. The van der Waals surface area contributed by atoms with Gasteiger partial charge in [0.25, 0.3) is 0 Å². The lowest BCUT2D eigenvalue weighted by molar-refractivity contribution is -0.0176. The molecule has 4 heteroatoms. The number of fused-ring (bicyclic) bond motifs is 1. The molecule has 168 valence electrons. The summed E-state index contributed by atoms with van der Waals surface area (Å²) in [4.78, 5) is 0. The van der Waals surface area contributed by atoms with Crippen LogP contribution in [-0.4, -0.2) is 14.8 Å². The molecule has 4 aromatic rings. The van der Waals surface area contributed by atoms with E-state index < -0.39 is 0 Å². The maximum Gasteiger partial charge on any atom is 0.247 e. The summed E-state index contributed by atoms with van der Waals surface area (Å²) >= 11 is 0. The SMILES string of the molecule is Cc1c(C)n(Cc2ccccc2)c2ccc(-c3nnc(C45CC6CC(CC(C6)C4)C5)o3)cc12. The van der Waals surface area contributed by atoms with Crippen molar-refractivity contribution >= 4 is 10.9 Å². The van der Waals surface area contributed by atoms with Crippen LogP contribution < -0.4 is 0 Å². The van der Waals surface area contributed by atoms with E-state index in [0.29, 0.717) is 5.89 Å².